The normalized spacial score (nSPS) is 21.6. The van der Waals surface area contributed by atoms with Crippen LogP contribution < -0.4 is 0 Å². The Morgan fingerprint density at radius 3 is 2.00 bits per heavy atom. The number of carboxylic acid groups (broad SMARTS) is 1. The minimum Gasteiger partial charge on any atom is -0.478 e. The minimum atomic E-state index is -0.914. The molecule has 0 radical (unpaired) electrons. The van der Waals surface area contributed by atoms with Crippen molar-refractivity contribution < 1.29 is 19.5 Å². The van der Waals surface area contributed by atoms with Crippen LogP contribution in [0.1, 0.15) is 6.92 Å². The van der Waals surface area contributed by atoms with Crippen molar-refractivity contribution in [2.24, 2.45) is 0 Å². The second kappa shape index (κ2) is 6.96. The largest absolute Gasteiger partial charge is 0.478 e. The van der Waals surface area contributed by atoms with E-state index in [1.807, 2.05) is 21.6 Å². The number of carbonyl (C=O) groups excluding carboxylic acids is 2. The first kappa shape index (κ1) is 17.0. The first-order valence-corrected chi connectivity index (χ1v) is 8.35. The first-order valence-electron chi connectivity index (χ1n) is 8.35. The summed E-state index contributed by atoms with van der Waals surface area (Å²) in [5.74, 6) is -0.865. The number of aliphatic carboxylic acids is 1. The van der Waals surface area contributed by atoms with Crippen LogP contribution in [0.4, 0.5) is 0 Å². The van der Waals surface area contributed by atoms with Gasteiger partial charge in [0.1, 0.15) is 11.4 Å². The summed E-state index contributed by atoms with van der Waals surface area (Å²) in [7, 11) is 0. The summed E-state index contributed by atoms with van der Waals surface area (Å²) < 4.78 is 0. The molecule has 4 rings (SSSR count). The third kappa shape index (κ3) is 4.17. The number of carboxylic acids is 1. The molecule has 0 spiro atoms. The van der Waals surface area contributed by atoms with Gasteiger partial charge in [-0.2, -0.15) is 0 Å². The van der Waals surface area contributed by atoms with E-state index in [0.717, 1.165) is 45.3 Å². The standard InChI is InChI=1S/C12H13N3O2.C6H8O2/c16-9-7-8(13-1-2-13)12(17)11(15-5-6-15)10(9)14-3-4-14;1-2-3-4-5-6(7)8/h7H,1-6H2;2-5H,1H3,(H,7,8)/b;3-2+,5-4+. The number of hydrogen-bond acceptors (Lipinski definition) is 6. The molecule has 0 aromatic heterocycles. The maximum absolute atomic E-state index is 12.4. The number of Topliss-reactive ketones (excluding diaryl/α,β-unsaturated/α-hetero) is 1. The lowest BCUT2D eigenvalue weighted by molar-refractivity contribution is -0.131. The molecule has 0 amide bonds. The number of nitrogens with zero attached hydrogens (tertiary/aromatic N) is 3. The van der Waals surface area contributed by atoms with Gasteiger partial charge in [0.15, 0.2) is 0 Å². The Balaban J connectivity index is 0.000000197. The van der Waals surface area contributed by atoms with Gasteiger partial charge in [0, 0.05) is 51.4 Å². The molecule has 25 heavy (non-hydrogen) atoms. The maximum Gasteiger partial charge on any atom is 0.328 e. The van der Waals surface area contributed by atoms with Gasteiger partial charge in [-0.1, -0.05) is 18.2 Å². The zero-order valence-corrected chi connectivity index (χ0v) is 14.1. The van der Waals surface area contributed by atoms with Gasteiger partial charge in [-0.05, 0) is 6.92 Å². The monoisotopic (exact) mass is 343 g/mol. The molecule has 0 bridgehead atoms. The van der Waals surface area contributed by atoms with E-state index in [-0.39, 0.29) is 11.6 Å². The number of ketones is 2. The average molecular weight is 343 g/mol. The van der Waals surface area contributed by atoms with Crippen molar-refractivity contribution in [3.05, 3.63) is 47.5 Å². The Labute approximate surface area is 146 Å². The molecule has 132 valence electrons. The van der Waals surface area contributed by atoms with E-state index in [4.69, 9.17) is 5.11 Å². The summed E-state index contributed by atoms with van der Waals surface area (Å²) in [5, 5.41) is 8.02. The molecule has 1 N–H and O–H groups in total. The average Bonchev–Trinajstić information content (AvgIpc) is 3.40. The van der Waals surface area contributed by atoms with Crippen LogP contribution >= 0.6 is 0 Å². The molecular formula is C18H21N3O4. The van der Waals surface area contributed by atoms with Crippen LogP contribution in [0.3, 0.4) is 0 Å². The fourth-order valence-electron chi connectivity index (χ4n) is 2.52. The minimum absolute atomic E-state index is 0.00546. The van der Waals surface area contributed by atoms with Gasteiger partial charge >= 0.3 is 5.97 Å². The molecule has 0 aromatic rings. The van der Waals surface area contributed by atoms with Crippen molar-refractivity contribution in [2.75, 3.05) is 39.3 Å². The van der Waals surface area contributed by atoms with Crippen molar-refractivity contribution >= 4 is 17.5 Å². The molecule has 3 fully saturated rings. The molecule has 7 nitrogen and oxygen atoms in total. The quantitative estimate of drug-likeness (QED) is 0.335. The summed E-state index contributed by atoms with van der Waals surface area (Å²) in [6.45, 7) is 7.23. The molecule has 0 unspecified atom stereocenters. The number of rotatable bonds is 5. The zero-order chi connectivity index (χ0) is 18.0. The Kier molecular flexibility index (Phi) is 4.74. The van der Waals surface area contributed by atoms with Gasteiger partial charge in [-0.25, -0.2) is 4.79 Å². The van der Waals surface area contributed by atoms with Crippen LogP contribution in [-0.2, 0) is 14.4 Å². The van der Waals surface area contributed by atoms with E-state index in [1.165, 1.54) is 12.2 Å². The Morgan fingerprint density at radius 1 is 0.960 bits per heavy atom. The summed E-state index contributed by atoms with van der Waals surface area (Å²) in [6, 6.07) is 0. The van der Waals surface area contributed by atoms with Crippen LogP contribution in [0.2, 0.25) is 0 Å². The van der Waals surface area contributed by atoms with E-state index >= 15 is 0 Å². The third-order valence-electron chi connectivity index (χ3n) is 4.03. The van der Waals surface area contributed by atoms with Crippen molar-refractivity contribution in [2.45, 2.75) is 6.92 Å². The van der Waals surface area contributed by atoms with Gasteiger partial charge in [0.25, 0.3) is 0 Å². The summed E-state index contributed by atoms with van der Waals surface area (Å²) in [4.78, 5) is 40.2. The number of allylic oxidation sites excluding steroid dienone is 4. The molecule has 7 heteroatoms. The predicted molar refractivity (Wildman–Crippen MR) is 91.4 cm³/mol. The lowest BCUT2D eigenvalue weighted by Crippen LogP contribution is -2.29. The molecule has 0 atom stereocenters. The van der Waals surface area contributed by atoms with Crippen molar-refractivity contribution in [3.8, 4) is 0 Å². The van der Waals surface area contributed by atoms with E-state index in [0.29, 0.717) is 17.1 Å². The molecule has 0 aromatic carbocycles. The van der Waals surface area contributed by atoms with Gasteiger partial charge < -0.3 is 19.8 Å². The Bertz CT molecular complexity index is 721. The highest BCUT2D eigenvalue weighted by Gasteiger charge is 2.43. The molecule has 4 aliphatic rings. The van der Waals surface area contributed by atoms with Crippen LogP contribution in [0.15, 0.2) is 47.5 Å². The van der Waals surface area contributed by atoms with E-state index < -0.39 is 5.97 Å². The zero-order valence-electron chi connectivity index (χ0n) is 14.1. The maximum atomic E-state index is 12.4. The number of carbonyl (C=O) groups is 3. The highest BCUT2D eigenvalue weighted by molar-refractivity contribution is 6.22. The third-order valence-corrected chi connectivity index (χ3v) is 4.03. The summed E-state index contributed by atoms with van der Waals surface area (Å²) >= 11 is 0. The molecular weight excluding hydrogens is 322 g/mol. The fourth-order valence-corrected chi connectivity index (χ4v) is 2.52. The SMILES string of the molecule is C/C=C/C=C/C(=O)O.O=C1C=C(N2CC2)C(=O)C(N2CC2)=C1N1CC1. The van der Waals surface area contributed by atoms with Gasteiger partial charge in [0.2, 0.25) is 11.6 Å². The Hall–Kier alpha value is -2.83. The topological polar surface area (TPSA) is 80.5 Å². The van der Waals surface area contributed by atoms with Crippen LogP contribution in [0.25, 0.3) is 0 Å². The second-order valence-electron chi connectivity index (χ2n) is 6.10. The summed E-state index contributed by atoms with van der Waals surface area (Å²) in [5.41, 5.74) is 1.89. The van der Waals surface area contributed by atoms with E-state index in [9.17, 15) is 14.4 Å². The lowest BCUT2D eigenvalue weighted by atomic mass is 10.0. The van der Waals surface area contributed by atoms with E-state index in [1.54, 1.807) is 12.2 Å². The molecule has 3 heterocycles. The Morgan fingerprint density at radius 2 is 1.52 bits per heavy atom. The van der Waals surface area contributed by atoms with Gasteiger partial charge in [-0.3, -0.25) is 9.59 Å². The number of hydrogen-bond donors (Lipinski definition) is 1. The van der Waals surface area contributed by atoms with Crippen molar-refractivity contribution in [3.63, 3.8) is 0 Å². The second-order valence-corrected chi connectivity index (χ2v) is 6.10. The van der Waals surface area contributed by atoms with Crippen LogP contribution in [0, 0.1) is 0 Å². The predicted octanol–water partition coefficient (Wildman–Crippen LogP) is 0.384. The smallest absolute Gasteiger partial charge is 0.328 e. The molecule has 3 aliphatic heterocycles. The van der Waals surface area contributed by atoms with Gasteiger partial charge in [0.05, 0.1) is 5.70 Å². The van der Waals surface area contributed by atoms with Crippen LogP contribution in [0.5, 0.6) is 0 Å². The first-order chi connectivity index (χ1) is 12.0. The molecule has 1 aliphatic carbocycles. The van der Waals surface area contributed by atoms with E-state index in [2.05, 4.69) is 0 Å². The molecule has 3 saturated heterocycles. The molecule has 0 saturated carbocycles. The van der Waals surface area contributed by atoms with Gasteiger partial charge in [-0.15, -0.1) is 0 Å². The van der Waals surface area contributed by atoms with Crippen molar-refractivity contribution in [1.82, 2.24) is 14.7 Å². The fraction of sp³-hybridized carbons (Fsp3) is 0.389. The highest BCUT2D eigenvalue weighted by Crippen LogP contribution is 2.33. The van der Waals surface area contributed by atoms with Crippen molar-refractivity contribution in [1.29, 1.82) is 0 Å². The highest BCUT2D eigenvalue weighted by atomic mass is 16.4. The lowest BCUT2D eigenvalue weighted by Gasteiger charge is -2.21. The summed E-state index contributed by atoms with van der Waals surface area (Å²) in [6.07, 6.45) is 7.51. The van der Waals surface area contributed by atoms with Crippen LogP contribution in [-0.4, -0.2) is 76.6 Å².